The highest BCUT2D eigenvalue weighted by atomic mass is 16.6. The maximum atomic E-state index is 12.8. The summed E-state index contributed by atoms with van der Waals surface area (Å²) in [7, 11) is 1.44. The molecule has 2 aromatic rings. The van der Waals surface area contributed by atoms with Gasteiger partial charge in [-0.15, -0.1) is 0 Å². The zero-order chi connectivity index (χ0) is 19.5. The highest BCUT2D eigenvalue weighted by Crippen LogP contribution is 2.66. The summed E-state index contributed by atoms with van der Waals surface area (Å²) in [4.78, 5) is 12.8. The summed E-state index contributed by atoms with van der Waals surface area (Å²) in [5.41, 5.74) is 1.07. The molecule has 0 bridgehead atoms. The van der Waals surface area contributed by atoms with Gasteiger partial charge >= 0.3 is 0 Å². The van der Waals surface area contributed by atoms with Crippen molar-refractivity contribution in [2.45, 2.75) is 42.4 Å². The molecule has 1 fully saturated rings. The number of carbonyl (C=O) groups is 1. The van der Waals surface area contributed by atoms with E-state index in [0.717, 1.165) is 0 Å². The third-order valence-electron chi connectivity index (χ3n) is 6.85. The van der Waals surface area contributed by atoms with E-state index in [0.29, 0.717) is 27.8 Å². The number of benzene rings is 2. The number of hydrogen-bond acceptors (Lipinski definition) is 7. The fraction of sp³-hybridized carbons (Fsp3) is 0.381. The summed E-state index contributed by atoms with van der Waals surface area (Å²) >= 11 is 0. The Morgan fingerprint density at radius 3 is 2.54 bits per heavy atom. The second kappa shape index (κ2) is 4.93. The van der Waals surface area contributed by atoms with Gasteiger partial charge in [0.05, 0.1) is 17.8 Å². The van der Waals surface area contributed by atoms with Crippen molar-refractivity contribution in [1.29, 1.82) is 0 Å². The lowest BCUT2D eigenvalue weighted by Gasteiger charge is -2.50. The molecule has 2 aromatic carbocycles. The summed E-state index contributed by atoms with van der Waals surface area (Å²) in [6.45, 7) is 0. The number of epoxide rings is 1. The number of hydrogen-bond donors (Lipinski definition) is 4. The minimum absolute atomic E-state index is 0.0582. The summed E-state index contributed by atoms with van der Waals surface area (Å²) < 4.78 is 11.3. The van der Waals surface area contributed by atoms with Crippen LogP contribution in [0.4, 0.5) is 0 Å². The van der Waals surface area contributed by atoms with Crippen molar-refractivity contribution < 1.29 is 34.7 Å². The van der Waals surface area contributed by atoms with Gasteiger partial charge < -0.3 is 29.9 Å². The number of aliphatic hydroxyl groups is 2. The standard InChI is InChI=1S/C21H18O7/c1-27-12-6-11(24)14-9(22)5-3-8-7-2-4-10(23)15-13(7)17(21(12,26)16(8)14)19-20(28-19)18(15)25/h2-5,12,17-20,22-23,25-26H,6H2,1H3/t12-,17+,18+,19+,20-,21+/m0/s1. The normalized spacial score (nSPS) is 36.4. The molecule has 7 heteroatoms. The van der Waals surface area contributed by atoms with Crippen LogP contribution in [-0.4, -0.2) is 51.6 Å². The molecule has 28 heavy (non-hydrogen) atoms. The molecule has 4 aliphatic rings. The fourth-order valence-corrected chi connectivity index (χ4v) is 5.68. The molecule has 6 rings (SSSR count). The number of methoxy groups -OCH3 is 1. The van der Waals surface area contributed by atoms with E-state index in [1.807, 2.05) is 0 Å². The Kier molecular flexibility index (Phi) is 2.91. The Morgan fingerprint density at radius 1 is 1.07 bits per heavy atom. The lowest BCUT2D eigenvalue weighted by molar-refractivity contribution is -0.124. The summed E-state index contributed by atoms with van der Waals surface area (Å²) in [6, 6.07) is 6.30. The van der Waals surface area contributed by atoms with Gasteiger partial charge in [0.1, 0.15) is 29.3 Å². The number of phenolic OH excluding ortho intramolecular Hbond substituents is 2. The molecule has 0 spiro atoms. The molecule has 0 saturated carbocycles. The van der Waals surface area contributed by atoms with Crippen molar-refractivity contribution in [2.75, 3.05) is 7.11 Å². The second-order valence-corrected chi connectivity index (χ2v) is 8.01. The van der Waals surface area contributed by atoms with E-state index in [-0.39, 0.29) is 29.3 Å². The molecule has 6 atom stereocenters. The molecule has 0 amide bonds. The maximum absolute atomic E-state index is 12.8. The smallest absolute Gasteiger partial charge is 0.169 e. The summed E-state index contributed by atoms with van der Waals surface area (Å²) in [5.74, 6) is -1.16. The van der Waals surface area contributed by atoms with Crippen LogP contribution in [0.2, 0.25) is 0 Å². The summed E-state index contributed by atoms with van der Waals surface area (Å²) in [5, 5.41) is 43.7. The zero-order valence-corrected chi connectivity index (χ0v) is 14.9. The predicted octanol–water partition coefficient (Wildman–Crippen LogP) is 1.47. The van der Waals surface area contributed by atoms with E-state index in [2.05, 4.69) is 0 Å². The van der Waals surface area contributed by atoms with E-state index in [4.69, 9.17) is 9.47 Å². The number of fused-ring (bicyclic) bond motifs is 4. The van der Waals surface area contributed by atoms with Crippen LogP contribution in [0.25, 0.3) is 11.1 Å². The van der Waals surface area contributed by atoms with Crippen LogP contribution in [0, 0.1) is 0 Å². The number of phenols is 2. The first-order valence-corrected chi connectivity index (χ1v) is 9.24. The van der Waals surface area contributed by atoms with E-state index >= 15 is 0 Å². The lowest BCUT2D eigenvalue weighted by Crippen LogP contribution is -2.55. The third-order valence-corrected chi connectivity index (χ3v) is 6.85. The number of aliphatic hydroxyl groups excluding tert-OH is 1. The monoisotopic (exact) mass is 382 g/mol. The topological polar surface area (TPSA) is 120 Å². The highest BCUT2D eigenvalue weighted by molar-refractivity contribution is 6.05. The largest absolute Gasteiger partial charge is 0.508 e. The molecule has 0 aromatic heterocycles. The quantitative estimate of drug-likeness (QED) is 0.551. The van der Waals surface area contributed by atoms with Gasteiger partial charge in [0, 0.05) is 30.6 Å². The van der Waals surface area contributed by atoms with Crippen molar-refractivity contribution in [3.63, 3.8) is 0 Å². The van der Waals surface area contributed by atoms with Crippen LogP contribution in [0.1, 0.15) is 45.5 Å². The Hall–Kier alpha value is -2.45. The molecule has 7 nitrogen and oxygen atoms in total. The first-order valence-electron chi connectivity index (χ1n) is 9.24. The Balaban J connectivity index is 1.79. The van der Waals surface area contributed by atoms with Crippen molar-refractivity contribution in [3.05, 3.63) is 46.5 Å². The van der Waals surface area contributed by atoms with Gasteiger partial charge in [0.25, 0.3) is 0 Å². The Morgan fingerprint density at radius 2 is 1.79 bits per heavy atom. The average molecular weight is 382 g/mol. The molecular weight excluding hydrogens is 364 g/mol. The van der Waals surface area contributed by atoms with Crippen molar-refractivity contribution in [2.24, 2.45) is 0 Å². The van der Waals surface area contributed by atoms with E-state index in [1.54, 1.807) is 12.1 Å². The second-order valence-electron chi connectivity index (χ2n) is 8.01. The molecule has 1 heterocycles. The average Bonchev–Trinajstić information content (AvgIpc) is 3.45. The molecule has 1 saturated heterocycles. The molecule has 0 radical (unpaired) electrons. The van der Waals surface area contributed by atoms with Crippen LogP contribution in [-0.2, 0) is 15.1 Å². The van der Waals surface area contributed by atoms with Gasteiger partial charge in [0.2, 0.25) is 0 Å². The van der Waals surface area contributed by atoms with Gasteiger partial charge in [0.15, 0.2) is 5.78 Å². The van der Waals surface area contributed by atoms with Crippen LogP contribution >= 0.6 is 0 Å². The van der Waals surface area contributed by atoms with Crippen LogP contribution in [0.5, 0.6) is 11.5 Å². The highest BCUT2D eigenvalue weighted by Gasteiger charge is 2.67. The zero-order valence-electron chi connectivity index (χ0n) is 14.9. The van der Waals surface area contributed by atoms with Gasteiger partial charge in [-0.2, -0.15) is 0 Å². The minimum atomic E-state index is -1.64. The fourth-order valence-electron chi connectivity index (χ4n) is 5.68. The SMILES string of the molecule is CO[C@H]1CC(=O)c2c(O)ccc3c2[C@@]1(O)[C@@H]1c2c-3ccc(O)c2[C@@H](O)[C@@H]2O[C@@H]21. The van der Waals surface area contributed by atoms with E-state index < -0.39 is 35.9 Å². The number of carbonyl (C=O) groups excluding carboxylic acids is 1. The Bertz CT molecular complexity index is 1080. The van der Waals surface area contributed by atoms with E-state index in [1.165, 1.54) is 19.2 Å². The van der Waals surface area contributed by atoms with Crippen LogP contribution < -0.4 is 0 Å². The van der Waals surface area contributed by atoms with E-state index in [9.17, 15) is 25.2 Å². The Labute approximate surface area is 159 Å². The van der Waals surface area contributed by atoms with Gasteiger partial charge in [-0.1, -0.05) is 12.1 Å². The van der Waals surface area contributed by atoms with Crippen LogP contribution in [0.3, 0.4) is 0 Å². The first-order chi connectivity index (χ1) is 13.4. The van der Waals surface area contributed by atoms with Crippen molar-refractivity contribution in [1.82, 2.24) is 0 Å². The van der Waals surface area contributed by atoms with Crippen LogP contribution in [0.15, 0.2) is 24.3 Å². The number of rotatable bonds is 1. The maximum Gasteiger partial charge on any atom is 0.169 e. The molecule has 0 unspecified atom stereocenters. The molecule has 1 aliphatic heterocycles. The van der Waals surface area contributed by atoms with Crippen molar-refractivity contribution in [3.8, 4) is 22.6 Å². The predicted molar refractivity (Wildman–Crippen MR) is 95.2 cm³/mol. The third kappa shape index (κ3) is 1.64. The van der Waals surface area contributed by atoms with Gasteiger partial charge in [-0.3, -0.25) is 4.79 Å². The summed E-state index contributed by atoms with van der Waals surface area (Å²) in [6.07, 6.45) is -2.94. The molecule has 4 N–H and O–H groups in total. The van der Waals surface area contributed by atoms with Gasteiger partial charge in [-0.05, 0) is 28.8 Å². The first kappa shape index (κ1) is 16.5. The number of aromatic hydroxyl groups is 2. The molecule has 3 aliphatic carbocycles. The number of ketones is 1. The number of Topliss-reactive ketones (excluding diaryl/α,β-unsaturated/α-hetero) is 1. The van der Waals surface area contributed by atoms with Crippen molar-refractivity contribution >= 4 is 5.78 Å². The lowest BCUT2D eigenvalue weighted by atomic mass is 9.57. The molecular formula is C21H18O7. The number of ether oxygens (including phenoxy) is 2. The minimum Gasteiger partial charge on any atom is -0.508 e. The van der Waals surface area contributed by atoms with Gasteiger partial charge in [-0.25, -0.2) is 0 Å². The molecule has 144 valence electrons.